The molecule has 0 fully saturated rings. The first-order valence-corrected chi connectivity index (χ1v) is 5.89. The van der Waals surface area contributed by atoms with Crippen molar-refractivity contribution in [3.05, 3.63) is 34.8 Å². The number of benzene rings is 1. The minimum atomic E-state index is 0.941. The van der Waals surface area contributed by atoms with Crippen molar-refractivity contribution in [1.29, 1.82) is 0 Å². The van der Waals surface area contributed by atoms with Crippen LogP contribution in [0.4, 0.5) is 5.82 Å². The molecule has 0 radical (unpaired) electrons. The smallest absolute Gasteiger partial charge is 0.126 e. The van der Waals surface area contributed by atoms with Crippen LogP contribution in [0.25, 0.3) is 10.9 Å². The van der Waals surface area contributed by atoms with Crippen LogP contribution in [0.1, 0.15) is 13.3 Å². The van der Waals surface area contributed by atoms with E-state index in [4.69, 9.17) is 0 Å². The van der Waals surface area contributed by atoms with Gasteiger partial charge in [-0.1, -0.05) is 19.1 Å². The summed E-state index contributed by atoms with van der Waals surface area (Å²) in [5.41, 5.74) is 1.01. The Hall–Kier alpha value is -1.09. The number of para-hydroxylation sites is 1. The number of aromatic nitrogens is 1. The lowest BCUT2D eigenvalue weighted by molar-refractivity contribution is 0.971. The fourth-order valence-electron chi connectivity index (χ4n) is 1.46. The standard InChI is InChI=1S/C12H13BrN2/c1-2-8-14-11-7-6-9-4-3-5-10(13)12(9)15-11/h3-7H,2,8H2,1H3,(H,14,15). The van der Waals surface area contributed by atoms with E-state index in [2.05, 4.69) is 45.3 Å². The third kappa shape index (κ3) is 2.29. The molecule has 0 aliphatic heterocycles. The molecule has 0 aliphatic rings. The molecule has 3 heteroatoms. The summed E-state index contributed by atoms with van der Waals surface area (Å²) in [6.07, 6.45) is 1.11. The van der Waals surface area contributed by atoms with Crippen molar-refractivity contribution >= 4 is 32.7 Å². The Balaban J connectivity index is 2.41. The van der Waals surface area contributed by atoms with Gasteiger partial charge in [-0.15, -0.1) is 0 Å². The van der Waals surface area contributed by atoms with Crippen LogP contribution in [0.5, 0.6) is 0 Å². The summed E-state index contributed by atoms with van der Waals surface area (Å²) in [4.78, 5) is 4.55. The summed E-state index contributed by atoms with van der Waals surface area (Å²) in [6.45, 7) is 3.10. The predicted octanol–water partition coefficient (Wildman–Crippen LogP) is 3.82. The van der Waals surface area contributed by atoms with Gasteiger partial charge in [0.1, 0.15) is 5.82 Å². The van der Waals surface area contributed by atoms with E-state index >= 15 is 0 Å². The Labute approximate surface area is 97.8 Å². The SMILES string of the molecule is CCCNc1ccc2cccc(Br)c2n1. The van der Waals surface area contributed by atoms with E-state index in [-0.39, 0.29) is 0 Å². The van der Waals surface area contributed by atoms with Crippen molar-refractivity contribution in [3.63, 3.8) is 0 Å². The lowest BCUT2D eigenvalue weighted by Gasteiger charge is -2.05. The zero-order chi connectivity index (χ0) is 10.7. The van der Waals surface area contributed by atoms with Crippen molar-refractivity contribution in [2.24, 2.45) is 0 Å². The second kappa shape index (κ2) is 4.62. The number of halogens is 1. The second-order valence-electron chi connectivity index (χ2n) is 3.43. The third-order valence-corrected chi connectivity index (χ3v) is 2.87. The summed E-state index contributed by atoms with van der Waals surface area (Å²) in [7, 11) is 0. The lowest BCUT2D eigenvalue weighted by atomic mass is 10.2. The average Bonchev–Trinajstić information content (AvgIpc) is 2.27. The van der Waals surface area contributed by atoms with Gasteiger partial charge in [-0.3, -0.25) is 0 Å². The molecule has 0 saturated carbocycles. The van der Waals surface area contributed by atoms with Gasteiger partial charge < -0.3 is 5.32 Å². The highest BCUT2D eigenvalue weighted by Gasteiger charge is 2.00. The van der Waals surface area contributed by atoms with E-state index in [1.807, 2.05) is 18.2 Å². The number of hydrogen-bond acceptors (Lipinski definition) is 2. The van der Waals surface area contributed by atoms with Crippen LogP contribution in [-0.4, -0.2) is 11.5 Å². The summed E-state index contributed by atoms with van der Waals surface area (Å²) < 4.78 is 1.04. The molecule has 2 nitrogen and oxygen atoms in total. The molecule has 1 aromatic heterocycles. The van der Waals surface area contributed by atoms with Crippen molar-refractivity contribution in [2.75, 3.05) is 11.9 Å². The quantitative estimate of drug-likeness (QED) is 0.912. The van der Waals surface area contributed by atoms with E-state index in [0.717, 1.165) is 34.2 Å². The van der Waals surface area contributed by atoms with Crippen LogP contribution < -0.4 is 5.32 Å². The van der Waals surface area contributed by atoms with Gasteiger partial charge in [0.05, 0.1) is 5.52 Å². The number of fused-ring (bicyclic) bond motifs is 1. The molecule has 2 rings (SSSR count). The van der Waals surface area contributed by atoms with Crippen molar-refractivity contribution < 1.29 is 0 Å². The van der Waals surface area contributed by atoms with Gasteiger partial charge in [-0.25, -0.2) is 4.98 Å². The molecule has 15 heavy (non-hydrogen) atoms. The molecule has 1 heterocycles. The highest BCUT2D eigenvalue weighted by Crippen LogP contribution is 2.23. The molecule has 0 bridgehead atoms. The molecule has 0 unspecified atom stereocenters. The molecular weight excluding hydrogens is 252 g/mol. The molecule has 0 spiro atoms. The number of nitrogens with zero attached hydrogens (tertiary/aromatic N) is 1. The van der Waals surface area contributed by atoms with Crippen LogP contribution in [0, 0.1) is 0 Å². The number of anilines is 1. The Bertz CT molecular complexity index is 468. The van der Waals surface area contributed by atoms with E-state index in [1.54, 1.807) is 0 Å². The summed E-state index contributed by atoms with van der Waals surface area (Å²) in [5, 5.41) is 4.44. The van der Waals surface area contributed by atoms with Gasteiger partial charge in [-0.2, -0.15) is 0 Å². The number of pyridine rings is 1. The Morgan fingerprint density at radius 3 is 2.93 bits per heavy atom. The maximum absolute atomic E-state index is 4.55. The van der Waals surface area contributed by atoms with Gasteiger partial charge in [0.15, 0.2) is 0 Å². The van der Waals surface area contributed by atoms with Gasteiger partial charge in [0.25, 0.3) is 0 Å². The highest BCUT2D eigenvalue weighted by atomic mass is 79.9. The maximum atomic E-state index is 4.55. The van der Waals surface area contributed by atoms with Crippen LogP contribution in [0.3, 0.4) is 0 Å². The topological polar surface area (TPSA) is 24.9 Å². The molecule has 1 N–H and O–H groups in total. The Morgan fingerprint density at radius 1 is 1.27 bits per heavy atom. The van der Waals surface area contributed by atoms with Gasteiger partial charge in [0.2, 0.25) is 0 Å². The minimum absolute atomic E-state index is 0.941. The summed E-state index contributed by atoms with van der Waals surface area (Å²) in [6, 6.07) is 10.2. The van der Waals surface area contributed by atoms with Crippen molar-refractivity contribution in [2.45, 2.75) is 13.3 Å². The highest BCUT2D eigenvalue weighted by molar-refractivity contribution is 9.10. The van der Waals surface area contributed by atoms with Gasteiger partial charge in [0, 0.05) is 16.4 Å². The molecule has 0 aliphatic carbocycles. The zero-order valence-electron chi connectivity index (χ0n) is 8.63. The molecular formula is C12H13BrN2. The Kier molecular flexibility index (Phi) is 3.21. The molecule has 1 aromatic carbocycles. The number of nitrogens with one attached hydrogen (secondary N) is 1. The third-order valence-electron chi connectivity index (χ3n) is 2.23. The first-order chi connectivity index (χ1) is 7.31. The Morgan fingerprint density at radius 2 is 2.13 bits per heavy atom. The lowest BCUT2D eigenvalue weighted by Crippen LogP contribution is -2.01. The van der Waals surface area contributed by atoms with E-state index in [1.165, 1.54) is 0 Å². The zero-order valence-corrected chi connectivity index (χ0v) is 10.2. The maximum Gasteiger partial charge on any atom is 0.126 e. The van der Waals surface area contributed by atoms with E-state index in [0.29, 0.717) is 0 Å². The fourth-order valence-corrected chi connectivity index (χ4v) is 1.93. The molecule has 2 aromatic rings. The van der Waals surface area contributed by atoms with E-state index < -0.39 is 0 Å². The van der Waals surface area contributed by atoms with Crippen LogP contribution in [0.15, 0.2) is 34.8 Å². The number of rotatable bonds is 3. The van der Waals surface area contributed by atoms with Gasteiger partial charge >= 0.3 is 0 Å². The van der Waals surface area contributed by atoms with Crippen molar-refractivity contribution in [1.82, 2.24) is 4.98 Å². The minimum Gasteiger partial charge on any atom is -0.370 e. The second-order valence-corrected chi connectivity index (χ2v) is 4.29. The van der Waals surface area contributed by atoms with Crippen LogP contribution >= 0.6 is 15.9 Å². The molecule has 0 amide bonds. The van der Waals surface area contributed by atoms with Crippen molar-refractivity contribution in [3.8, 4) is 0 Å². The van der Waals surface area contributed by atoms with Gasteiger partial charge in [-0.05, 0) is 40.5 Å². The fraction of sp³-hybridized carbons (Fsp3) is 0.250. The van der Waals surface area contributed by atoms with Crippen LogP contribution in [-0.2, 0) is 0 Å². The van der Waals surface area contributed by atoms with E-state index in [9.17, 15) is 0 Å². The largest absolute Gasteiger partial charge is 0.370 e. The monoisotopic (exact) mass is 264 g/mol. The average molecular weight is 265 g/mol. The van der Waals surface area contributed by atoms with Crippen LogP contribution in [0.2, 0.25) is 0 Å². The molecule has 78 valence electrons. The summed E-state index contributed by atoms with van der Waals surface area (Å²) >= 11 is 3.51. The molecule has 0 saturated heterocycles. The predicted molar refractivity (Wildman–Crippen MR) is 68.2 cm³/mol. The molecule has 0 atom stereocenters. The summed E-state index contributed by atoms with van der Waals surface area (Å²) in [5.74, 6) is 0.941. The normalized spacial score (nSPS) is 10.5. The first-order valence-electron chi connectivity index (χ1n) is 5.10. The number of hydrogen-bond donors (Lipinski definition) is 1. The first kappa shape index (κ1) is 10.4.